The van der Waals surface area contributed by atoms with Crippen LogP contribution in [0.4, 0.5) is 10.1 Å². The topological polar surface area (TPSA) is 98.6 Å². The van der Waals surface area contributed by atoms with Crippen molar-refractivity contribution in [1.82, 2.24) is 14.3 Å². The minimum Gasteiger partial charge on any atom is -0.351 e. The second-order valence-electron chi connectivity index (χ2n) is 9.26. The van der Waals surface area contributed by atoms with Gasteiger partial charge in [0.05, 0.1) is 6.54 Å². The monoisotopic (exact) mass is 536 g/mol. The predicted octanol–water partition coefficient (Wildman–Crippen LogP) is 3.54. The van der Waals surface area contributed by atoms with Crippen LogP contribution in [0, 0.1) is 5.82 Å². The summed E-state index contributed by atoms with van der Waals surface area (Å²) in [5, 5.41) is 3.30. The van der Waals surface area contributed by atoms with Crippen LogP contribution in [0.5, 0.6) is 0 Å². The average molecular weight is 537 g/mol. The fraction of sp³-hybridized carbons (Fsp3) is 0.440. The van der Waals surface area contributed by atoms with Crippen molar-refractivity contribution in [1.29, 1.82) is 0 Å². The number of amides is 2. The Labute approximate surface area is 216 Å². The second-order valence-corrected chi connectivity index (χ2v) is 11.4. The van der Waals surface area contributed by atoms with Crippen LogP contribution in [0.2, 0.25) is 5.02 Å². The summed E-state index contributed by atoms with van der Waals surface area (Å²) in [5.41, 5.74) is 0.468. The molecule has 0 radical (unpaired) electrons. The molecule has 1 heterocycles. The smallest absolute Gasteiger partial charge is 0.280 e. The summed E-state index contributed by atoms with van der Waals surface area (Å²) in [6.07, 6.45) is 4.73. The fourth-order valence-electron chi connectivity index (χ4n) is 4.55. The molecule has 0 aromatic heterocycles. The first-order valence-electron chi connectivity index (χ1n) is 12.1. The zero-order chi connectivity index (χ0) is 25.9. The number of hydrogen-bond donors (Lipinski definition) is 2. The van der Waals surface area contributed by atoms with Gasteiger partial charge >= 0.3 is 0 Å². The third-order valence-electron chi connectivity index (χ3n) is 6.53. The Balaban J connectivity index is 1.70. The van der Waals surface area contributed by atoms with Gasteiger partial charge in [0, 0.05) is 34.9 Å². The number of carbonyl (C=O) groups excluding carboxylic acids is 2. The number of carbonyl (C=O) groups is 2. The molecule has 2 amide bonds. The van der Waals surface area contributed by atoms with Gasteiger partial charge in [-0.1, -0.05) is 55.1 Å². The molecule has 8 nitrogen and oxygen atoms in total. The number of hydrogen-bond acceptors (Lipinski definition) is 4. The molecule has 2 N–H and O–H groups in total. The quantitative estimate of drug-likeness (QED) is 0.479. The van der Waals surface area contributed by atoms with Crippen molar-refractivity contribution in [3.63, 3.8) is 0 Å². The Morgan fingerprint density at radius 2 is 1.83 bits per heavy atom. The van der Waals surface area contributed by atoms with Crippen LogP contribution in [0.1, 0.15) is 50.6 Å². The van der Waals surface area contributed by atoms with E-state index < -0.39 is 40.4 Å². The van der Waals surface area contributed by atoms with Crippen molar-refractivity contribution in [2.75, 3.05) is 18.0 Å². The minimum atomic E-state index is -3.86. The highest BCUT2D eigenvalue weighted by atomic mass is 35.5. The van der Waals surface area contributed by atoms with E-state index in [4.69, 9.17) is 11.6 Å². The fourth-order valence-corrected chi connectivity index (χ4v) is 6.15. The van der Waals surface area contributed by atoms with Gasteiger partial charge in [-0.3, -0.25) is 14.5 Å². The molecule has 2 aliphatic rings. The molecule has 0 bridgehead atoms. The number of nitrogens with zero attached hydrogens (tertiary/aromatic N) is 2. The highest BCUT2D eigenvalue weighted by molar-refractivity contribution is 7.87. The molecule has 4 rings (SSSR count). The van der Waals surface area contributed by atoms with E-state index in [2.05, 4.69) is 10.0 Å². The summed E-state index contributed by atoms with van der Waals surface area (Å²) in [7, 11) is -3.86. The molecular weight excluding hydrogens is 507 g/mol. The van der Waals surface area contributed by atoms with Gasteiger partial charge in [0.2, 0.25) is 11.8 Å². The van der Waals surface area contributed by atoms with Gasteiger partial charge in [0.15, 0.2) is 0 Å². The molecule has 194 valence electrons. The van der Waals surface area contributed by atoms with Crippen LogP contribution in [-0.4, -0.2) is 49.7 Å². The first kappa shape index (κ1) is 26.5. The number of halogens is 2. The van der Waals surface area contributed by atoms with Crippen LogP contribution in [-0.2, 0) is 19.8 Å². The molecule has 2 aromatic rings. The van der Waals surface area contributed by atoms with E-state index in [0.717, 1.165) is 43.1 Å². The van der Waals surface area contributed by atoms with E-state index in [1.165, 1.54) is 22.5 Å². The molecule has 1 saturated heterocycles. The molecule has 0 spiro atoms. The van der Waals surface area contributed by atoms with Gasteiger partial charge in [-0.05, 0) is 44.0 Å². The van der Waals surface area contributed by atoms with E-state index in [1.807, 2.05) is 0 Å². The lowest BCUT2D eigenvalue weighted by atomic mass is 9.94. The average Bonchev–Trinajstić information content (AvgIpc) is 3.60. The summed E-state index contributed by atoms with van der Waals surface area (Å²) < 4.78 is 42.8. The Hall–Kier alpha value is -2.53. The molecule has 1 unspecified atom stereocenters. The summed E-state index contributed by atoms with van der Waals surface area (Å²) in [6, 6.07) is 10.5. The van der Waals surface area contributed by atoms with Gasteiger partial charge in [-0.15, -0.1) is 0 Å². The maximum atomic E-state index is 14.3. The van der Waals surface area contributed by atoms with Crippen molar-refractivity contribution in [2.45, 2.75) is 57.2 Å². The second kappa shape index (κ2) is 11.2. The molecule has 11 heteroatoms. The third kappa shape index (κ3) is 6.23. The largest absolute Gasteiger partial charge is 0.351 e. The summed E-state index contributed by atoms with van der Waals surface area (Å²) in [5.74, 6) is -1.79. The number of benzene rings is 2. The zero-order valence-corrected chi connectivity index (χ0v) is 21.6. The SMILES string of the molecule is C[C@@H]1CN1S(=O)(=O)NCC(=O)N(c1cccc(F)c1)[C@@H](C(=O)NC1CCCCC1)c1ccccc1Cl. The molecule has 36 heavy (non-hydrogen) atoms. The lowest BCUT2D eigenvalue weighted by Gasteiger charge is -2.34. The van der Waals surface area contributed by atoms with E-state index in [9.17, 15) is 22.4 Å². The standard InChI is InChI=1S/C25H30ClFN4O4S/c1-17-16-30(17)36(34,35)28-15-23(32)31(20-11-7-8-18(27)14-20)24(21-12-5-6-13-22(21)26)25(33)29-19-9-3-2-4-10-19/h5-8,11-14,17,19,24,28H,2-4,9-10,15-16H2,1H3,(H,29,33)/t17-,24-,30?/m1/s1. The van der Waals surface area contributed by atoms with Gasteiger partial charge in [0.25, 0.3) is 10.2 Å². The van der Waals surface area contributed by atoms with Gasteiger partial charge < -0.3 is 5.32 Å². The minimum absolute atomic E-state index is 0.0524. The molecule has 2 aromatic carbocycles. The van der Waals surface area contributed by atoms with Crippen LogP contribution in [0.15, 0.2) is 48.5 Å². The molecule has 3 atom stereocenters. The zero-order valence-electron chi connectivity index (χ0n) is 20.0. The van der Waals surface area contributed by atoms with E-state index in [-0.39, 0.29) is 22.8 Å². The predicted molar refractivity (Wildman–Crippen MR) is 136 cm³/mol. The molecule has 1 saturated carbocycles. The lowest BCUT2D eigenvalue weighted by molar-refractivity contribution is -0.127. The summed E-state index contributed by atoms with van der Waals surface area (Å²) in [6.45, 7) is 1.51. The van der Waals surface area contributed by atoms with Gasteiger partial charge in [0.1, 0.15) is 11.9 Å². The van der Waals surface area contributed by atoms with Crippen molar-refractivity contribution >= 4 is 39.3 Å². The van der Waals surface area contributed by atoms with Crippen molar-refractivity contribution in [2.24, 2.45) is 0 Å². The Bertz CT molecular complexity index is 1220. The maximum absolute atomic E-state index is 14.3. The Morgan fingerprint density at radius 3 is 2.47 bits per heavy atom. The van der Waals surface area contributed by atoms with Crippen LogP contribution in [0.3, 0.4) is 0 Å². The number of anilines is 1. The van der Waals surface area contributed by atoms with E-state index in [0.29, 0.717) is 12.1 Å². The normalized spacial score (nSPS) is 21.0. The van der Waals surface area contributed by atoms with E-state index in [1.54, 1.807) is 31.2 Å². The van der Waals surface area contributed by atoms with E-state index >= 15 is 0 Å². The maximum Gasteiger partial charge on any atom is 0.280 e. The Kier molecular flexibility index (Phi) is 8.29. The summed E-state index contributed by atoms with van der Waals surface area (Å²) >= 11 is 6.48. The van der Waals surface area contributed by atoms with Crippen molar-refractivity contribution in [3.8, 4) is 0 Å². The first-order chi connectivity index (χ1) is 17.2. The third-order valence-corrected chi connectivity index (χ3v) is 8.51. The first-order valence-corrected chi connectivity index (χ1v) is 13.9. The van der Waals surface area contributed by atoms with Crippen LogP contribution in [0.25, 0.3) is 0 Å². The van der Waals surface area contributed by atoms with Gasteiger partial charge in [-0.2, -0.15) is 17.4 Å². The van der Waals surface area contributed by atoms with Crippen LogP contribution < -0.4 is 14.9 Å². The highest BCUT2D eigenvalue weighted by Gasteiger charge is 2.41. The van der Waals surface area contributed by atoms with Crippen molar-refractivity contribution < 1.29 is 22.4 Å². The molecule has 1 aliphatic heterocycles. The van der Waals surface area contributed by atoms with Gasteiger partial charge in [-0.25, -0.2) is 4.39 Å². The molecular formula is C25H30ClFN4O4S. The number of nitrogens with one attached hydrogen (secondary N) is 2. The summed E-state index contributed by atoms with van der Waals surface area (Å²) in [4.78, 5) is 28.4. The highest BCUT2D eigenvalue weighted by Crippen LogP contribution is 2.33. The number of rotatable bonds is 9. The molecule has 1 aliphatic carbocycles. The Morgan fingerprint density at radius 1 is 1.14 bits per heavy atom. The van der Waals surface area contributed by atoms with Crippen molar-refractivity contribution in [3.05, 3.63) is 64.9 Å². The van der Waals surface area contributed by atoms with Crippen LogP contribution >= 0.6 is 11.6 Å². The molecule has 2 fully saturated rings. The lowest BCUT2D eigenvalue weighted by Crippen LogP contribution is -2.50.